The van der Waals surface area contributed by atoms with Crippen LogP contribution in [0.3, 0.4) is 0 Å². The van der Waals surface area contributed by atoms with Gasteiger partial charge in [-0.3, -0.25) is 14.3 Å². The highest BCUT2D eigenvalue weighted by molar-refractivity contribution is 5.92. The Labute approximate surface area is 129 Å². The molecule has 0 saturated carbocycles. The van der Waals surface area contributed by atoms with Crippen LogP contribution in [0, 0.1) is 0 Å². The van der Waals surface area contributed by atoms with Crippen LogP contribution in [0.25, 0.3) is 5.69 Å². The lowest BCUT2D eigenvalue weighted by atomic mass is 10.3. The van der Waals surface area contributed by atoms with Crippen molar-refractivity contribution in [1.29, 1.82) is 0 Å². The second-order valence-electron chi connectivity index (χ2n) is 5.19. The summed E-state index contributed by atoms with van der Waals surface area (Å²) in [4.78, 5) is 18.7. The summed E-state index contributed by atoms with van der Waals surface area (Å²) in [6, 6.07) is 9.73. The first kappa shape index (κ1) is 14.7. The molecular formula is C16H20N4O2. The summed E-state index contributed by atoms with van der Waals surface area (Å²) in [6.07, 6.45) is 3.25. The van der Waals surface area contributed by atoms with Crippen LogP contribution in [0.5, 0.6) is 0 Å². The average Bonchev–Trinajstić information content (AvgIpc) is 3.06. The van der Waals surface area contributed by atoms with Gasteiger partial charge in [0, 0.05) is 31.9 Å². The van der Waals surface area contributed by atoms with Crippen LogP contribution in [-0.2, 0) is 4.74 Å². The maximum atomic E-state index is 12.3. The first-order valence-electron chi connectivity index (χ1n) is 7.50. The Morgan fingerprint density at radius 3 is 2.77 bits per heavy atom. The van der Waals surface area contributed by atoms with Gasteiger partial charge >= 0.3 is 0 Å². The summed E-state index contributed by atoms with van der Waals surface area (Å²) in [5.74, 6) is -0.102. The van der Waals surface area contributed by atoms with Gasteiger partial charge in [0.15, 0.2) is 0 Å². The minimum atomic E-state index is -0.102. The van der Waals surface area contributed by atoms with Crippen molar-refractivity contribution >= 4 is 5.91 Å². The number of hydrogen-bond acceptors (Lipinski definition) is 4. The third-order valence-electron chi connectivity index (χ3n) is 3.72. The predicted octanol–water partition coefficient (Wildman–Crippen LogP) is 0.934. The van der Waals surface area contributed by atoms with E-state index < -0.39 is 0 Å². The number of amides is 1. The van der Waals surface area contributed by atoms with E-state index in [0.29, 0.717) is 12.2 Å². The van der Waals surface area contributed by atoms with Gasteiger partial charge in [0.25, 0.3) is 5.91 Å². The monoisotopic (exact) mass is 300 g/mol. The molecule has 0 spiro atoms. The van der Waals surface area contributed by atoms with E-state index in [2.05, 4.69) is 15.2 Å². The van der Waals surface area contributed by atoms with Crippen LogP contribution in [0.4, 0.5) is 0 Å². The van der Waals surface area contributed by atoms with Crippen molar-refractivity contribution in [2.24, 2.45) is 0 Å². The smallest absolute Gasteiger partial charge is 0.269 e. The Balaban J connectivity index is 1.58. The van der Waals surface area contributed by atoms with Crippen LogP contribution in [0.1, 0.15) is 10.5 Å². The zero-order valence-electron chi connectivity index (χ0n) is 12.4. The Bertz CT molecular complexity index is 606. The molecule has 1 aliphatic rings. The molecule has 0 bridgehead atoms. The number of ether oxygens (including phenoxy) is 1. The standard InChI is InChI=1S/C16H20N4O2/c21-16(18-6-7-19-8-10-22-11-9-19)15-12-17-13-20(15)14-4-2-1-3-5-14/h1-5,12-13H,6-11H2,(H,18,21). The van der Waals surface area contributed by atoms with Gasteiger partial charge in [-0.1, -0.05) is 18.2 Å². The number of nitrogens with zero attached hydrogens (tertiary/aromatic N) is 3. The number of hydrogen-bond donors (Lipinski definition) is 1. The molecule has 1 aromatic carbocycles. The van der Waals surface area contributed by atoms with Crippen LogP contribution in [0.15, 0.2) is 42.9 Å². The second-order valence-corrected chi connectivity index (χ2v) is 5.19. The first-order chi connectivity index (χ1) is 10.8. The SMILES string of the molecule is O=C(NCCN1CCOCC1)c1cncn1-c1ccccc1. The van der Waals surface area contributed by atoms with Crippen molar-refractivity contribution in [3.05, 3.63) is 48.5 Å². The van der Waals surface area contributed by atoms with E-state index in [1.807, 2.05) is 30.3 Å². The van der Waals surface area contributed by atoms with E-state index in [1.54, 1.807) is 17.1 Å². The highest BCUT2D eigenvalue weighted by atomic mass is 16.5. The number of morpholine rings is 1. The van der Waals surface area contributed by atoms with Gasteiger partial charge in [0.2, 0.25) is 0 Å². The lowest BCUT2D eigenvalue weighted by molar-refractivity contribution is 0.0383. The molecule has 1 N–H and O–H groups in total. The van der Waals surface area contributed by atoms with Crippen molar-refractivity contribution < 1.29 is 9.53 Å². The summed E-state index contributed by atoms with van der Waals surface area (Å²) >= 11 is 0. The molecule has 0 atom stereocenters. The highest BCUT2D eigenvalue weighted by Gasteiger charge is 2.14. The molecule has 6 heteroatoms. The third-order valence-corrected chi connectivity index (χ3v) is 3.72. The molecule has 3 rings (SSSR count). The van der Waals surface area contributed by atoms with E-state index >= 15 is 0 Å². The Morgan fingerprint density at radius 1 is 1.23 bits per heavy atom. The molecular weight excluding hydrogens is 280 g/mol. The van der Waals surface area contributed by atoms with Crippen LogP contribution < -0.4 is 5.32 Å². The van der Waals surface area contributed by atoms with Gasteiger partial charge < -0.3 is 10.1 Å². The molecule has 22 heavy (non-hydrogen) atoms. The Morgan fingerprint density at radius 2 is 2.00 bits per heavy atom. The molecule has 1 amide bonds. The molecule has 1 aliphatic heterocycles. The Hall–Kier alpha value is -2.18. The fourth-order valence-corrected chi connectivity index (χ4v) is 2.50. The minimum absolute atomic E-state index is 0.102. The fourth-order valence-electron chi connectivity index (χ4n) is 2.50. The predicted molar refractivity (Wildman–Crippen MR) is 83.2 cm³/mol. The average molecular weight is 300 g/mol. The normalized spacial score (nSPS) is 15.6. The second kappa shape index (κ2) is 7.20. The van der Waals surface area contributed by atoms with Gasteiger partial charge in [-0.05, 0) is 12.1 Å². The van der Waals surface area contributed by atoms with Crippen molar-refractivity contribution in [2.45, 2.75) is 0 Å². The van der Waals surface area contributed by atoms with Crippen LogP contribution in [0.2, 0.25) is 0 Å². The lowest BCUT2D eigenvalue weighted by Crippen LogP contribution is -2.41. The number of imidazole rings is 1. The maximum absolute atomic E-state index is 12.3. The summed E-state index contributed by atoms with van der Waals surface area (Å²) in [5.41, 5.74) is 1.48. The molecule has 1 fully saturated rings. The molecule has 2 heterocycles. The molecule has 0 unspecified atom stereocenters. The quantitative estimate of drug-likeness (QED) is 0.892. The fraction of sp³-hybridized carbons (Fsp3) is 0.375. The van der Waals surface area contributed by atoms with E-state index in [-0.39, 0.29) is 5.91 Å². The number of aromatic nitrogens is 2. The maximum Gasteiger partial charge on any atom is 0.269 e. The molecule has 1 saturated heterocycles. The van der Waals surface area contributed by atoms with Crippen molar-refractivity contribution in [3.8, 4) is 5.69 Å². The minimum Gasteiger partial charge on any atom is -0.379 e. The van der Waals surface area contributed by atoms with Crippen molar-refractivity contribution in [2.75, 3.05) is 39.4 Å². The summed E-state index contributed by atoms with van der Waals surface area (Å²) < 4.78 is 7.11. The van der Waals surface area contributed by atoms with Gasteiger partial charge in [-0.15, -0.1) is 0 Å². The lowest BCUT2D eigenvalue weighted by Gasteiger charge is -2.26. The van der Waals surface area contributed by atoms with E-state index in [0.717, 1.165) is 38.5 Å². The van der Waals surface area contributed by atoms with Crippen molar-refractivity contribution in [1.82, 2.24) is 19.8 Å². The molecule has 0 aliphatic carbocycles. The number of rotatable bonds is 5. The molecule has 0 radical (unpaired) electrons. The molecule has 1 aromatic heterocycles. The van der Waals surface area contributed by atoms with Gasteiger partial charge in [0.1, 0.15) is 5.69 Å². The van der Waals surface area contributed by atoms with Gasteiger partial charge in [-0.2, -0.15) is 0 Å². The van der Waals surface area contributed by atoms with E-state index in [9.17, 15) is 4.79 Å². The Kier molecular flexibility index (Phi) is 4.82. The number of carbonyl (C=O) groups excluding carboxylic acids is 1. The molecule has 116 valence electrons. The summed E-state index contributed by atoms with van der Waals surface area (Å²) in [7, 11) is 0. The largest absolute Gasteiger partial charge is 0.379 e. The highest BCUT2D eigenvalue weighted by Crippen LogP contribution is 2.10. The van der Waals surface area contributed by atoms with Crippen LogP contribution >= 0.6 is 0 Å². The van der Waals surface area contributed by atoms with Gasteiger partial charge in [-0.25, -0.2) is 4.98 Å². The van der Waals surface area contributed by atoms with Gasteiger partial charge in [0.05, 0.1) is 25.7 Å². The number of benzene rings is 1. The van der Waals surface area contributed by atoms with E-state index in [4.69, 9.17) is 4.74 Å². The van der Waals surface area contributed by atoms with Crippen LogP contribution in [-0.4, -0.2) is 59.8 Å². The van der Waals surface area contributed by atoms with E-state index in [1.165, 1.54) is 0 Å². The van der Waals surface area contributed by atoms with Crippen molar-refractivity contribution in [3.63, 3.8) is 0 Å². The summed E-state index contributed by atoms with van der Waals surface area (Å²) in [5, 5.41) is 2.96. The third kappa shape index (κ3) is 3.52. The first-order valence-corrected chi connectivity index (χ1v) is 7.50. The zero-order chi connectivity index (χ0) is 15.2. The number of carbonyl (C=O) groups is 1. The number of para-hydroxylation sites is 1. The summed E-state index contributed by atoms with van der Waals surface area (Å²) in [6.45, 7) is 4.87. The zero-order valence-corrected chi connectivity index (χ0v) is 12.4. The molecule has 6 nitrogen and oxygen atoms in total. The topological polar surface area (TPSA) is 59.4 Å². The molecule has 2 aromatic rings. The number of nitrogens with one attached hydrogen (secondary N) is 1.